The molecule has 0 aliphatic rings. The van der Waals surface area contributed by atoms with Crippen LogP contribution in [0.3, 0.4) is 0 Å². The highest BCUT2D eigenvalue weighted by Gasteiger charge is 2.09. The lowest BCUT2D eigenvalue weighted by atomic mass is 9.92. The maximum atomic E-state index is 10.3. The lowest BCUT2D eigenvalue weighted by Gasteiger charge is -2.14. The second-order valence-electron chi connectivity index (χ2n) is 7.24. The van der Waals surface area contributed by atoms with Crippen molar-refractivity contribution in [1.82, 2.24) is 0 Å². The summed E-state index contributed by atoms with van der Waals surface area (Å²) in [7, 11) is 0. The topological polar surface area (TPSA) is 40.5 Å². The van der Waals surface area contributed by atoms with E-state index in [1.54, 1.807) is 6.07 Å². The van der Waals surface area contributed by atoms with Crippen molar-refractivity contribution in [2.75, 3.05) is 0 Å². The van der Waals surface area contributed by atoms with Gasteiger partial charge in [-0.2, -0.15) is 0 Å². The molecule has 0 aliphatic heterocycles. The highest BCUT2D eigenvalue weighted by atomic mass is 16.3. The first-order valence-electron chi connectivity index (χ1n) is 9.71. The summed E-state index contributed by atoms with van der Waals surface area (Å²) in [4.78, 5) is 0. The van der Waals surface area contributed by atoms with E-state index in [0.717, 1.165) is 58.7 Å². The van der Waals surface area contributed by atoms with Gasteiger partial charge in [0.25, 0.3) is 0 Å². The number of allylic oxidation sites excluding steroid dienone is 1. The quantitative estimate of drug-likeness (QED) is 0.467. The van der Waals surface area contributed by atoms with E-state index < -0.39 is 0 Å². The predicted molar refractivity (Wildman–Crippen MR) is 114 cm³/mol. The molecule has 3 aromatic carbocycles. The van der Waals surface area contributed by atoms with Crippen LogP contribution in [-0.4, -0.2) is 10.2 Å². The monoisotopic (exact) mass is 360 g/mol. The smallest absolute Gasteiger partial charge is 0.118 e. The van der Waals surface area contributed by atoms with Gasteiger partial charge in [-0.1, -0.05) is 49.8 Å². The van der Waals surface area contributed by atoms with Crippen molar-refractivity contribution in [3.63, 3.8) is 0 Å². The molecule has 0 spiro atoms. The molecule has 1 atom stereocenters. The van der Waals surface area contributed by atoms with Crippen LogP contribution < -0.4 is 0 Å². The molecule has 0 aliphatic carbocycles. The van der Waals surface area contributed by atoms with E-state index in [1.165, 1.54) is 0 Å². The number of aliphatic hydroxyl groups excluding tert-OH is 1. The summed E-state index contributed by atoms with van der Waals surface area (Å²) in [5.41, 5.74) is 4.18. The van der Waals surface area contributed by atoms with Gasteiger partial charge in [0.15, 0.2) is 0 Å². The summed E-state index contributed by atoms with van der Waals surface area (Å²) >= 11 is 0. The molecule has 2 nitrogen and oxygen atoms in total. The van der Waals surface area contributed by atoms with Gasteiger partial charge in [-0.3, -0.25) is 0 Å². The molecule has 0 heterocycles. The van der Waals surface area contributed by atoms with Crippen LogP contribution in [0.4, 0.5) is 0 Å². The number of aliphatic hydroxyl groups is 1. The van der Waals surface area contributed by atoms with E-state index in [4.69, 9.17) is 0 Å². The number of hydrogen-bond donors (Lipinski definition) is 2. The van der Waals surface area contributed by atoms with E-state index in [2.05, 4.69) is 37.8 Å². The molecule has 0 amide bonds. The van der Waals surface area contributed by atoms with Crippen molar-refractivity contribution in [2.45, 2.75) is 39.2 Å². The summed E-state index contributed by atoms with van der Waals surface area (Å²) in [6, 6.07) is 18.3. The Bertz CT molecular complexity index is 927. The summed E-state index contributed by atoms with van der Waals surface area (Å²) < 4.78 is 0. The van der Waals surface area contributed by atoms with Gasteiger partial charge in [-0.05, 0) is 82.5 Å². The number of fused-ring (bicyclic) bond motifs is 1. The maximum Gasteiger partial charge on any atom is 0.118 e. The standard InChI is InChI=1S/C25H28O2/c1-3-5-18(4-2)6-9-24-16-23(12-13-25(24)27)22-11-10-20-14-19(17-26)7-8-21(20)15-22/h3,7-8,10-16,18,26-27H,1,4-6,9,17H2,2H3. The highest BCUT2D eigenvalue weighted by Crippen LogP contribution is 2.30. The fraction of sp³-hybridized carbons (Fsp3) is 0.280. The van der Waals surface area contributed by atoms with E-state index in [1.807, 2.05) is 30.3 Å². The highest BCUT2D eigenvalue weighted by molar-refractivity contribution is 5.88. The zero-order valence-electron chi connectivity index (χ0n) is 16.0. The zero-order valence-corrected chi connectivity index (χ0v) is 16.0. The Morgan fingerprint density at radius 1 is 0.963 bits per heavy atom. The molecular formula is C25H28O2. The lowest BCUT2D eigenvalue weighted by Crippen LogP contribution is -2.00. The van der Waals surface area contributed by atoms with E-state index in [9.17, 15) is 10.2 Å². The van der Waals surface area contributed by atoms with Crippen molar-refractivity contribution in [3.8, 4) is 16.9 Å². The number of phenolic OH excluding ortho intramolecular Hbond substituents is 1. The van der Waals surface area contributed by atoms with Gasteiger partial charge in [-0.25, -0.2) is 0 Å². The van der Waals surface area contributed by atoms with Crippen molar-refractivity contribution in [2.24, 2.45) is 5.92 Å². The molecule has 0 radical (unpaired) electrons. The average Bonchev–Trinajstić information content (AvgIpc) is 2.71. The van der Waals surface area contributed by atoms with Gasteiger partial charge in [0.1, 0.15) is 5.75 Å². The van der Waals surface area contributed by atoms with Crippen LogP contribution in [0.5, 0.6) is 5.75 Å². The third kappa shape index (κ3) is 4.58. The zero-order chi connectivity index (χ0) is 19.2. The number of rotatable bonds is 8. The third-order valence-electron chi connectivity index (χ3n) is 5.40. The van der Waals surface area contributed by atoms with Crippen LogP contribution in [0.2, 0.25) is 0 Å². The number of aryl methyl sites for hydroxylation is 1. The summed E-state index contributed by atoms with van der Waals surface area (Å²) in [6.45, 7) is 6.12. The fourth-order valence-corrected chi connectivity index (χ4v) is 3.62. The molecule has 0 saturated carbocycles. The molecule has 140 valence electrons. The maximum absolute atomic E-state index is 10.3. The Morgan fingerprint density at radius 3 is 2.41 bits per heavy atom. The molecule has 0 fully saturated rings. The molecule has 2 heteroatoms. The minimum absolute atomic E-state index is 0.0591. The van der Waals surface area contributed by atoms with Crippen LogP contribution in [0.1, 0.15) is 37.3 Å². The second kappa shape index (κ2) is 8.88. The SMILES string of the molecule is C=CCC(CC)CCc1cc(-c2ccc3cc(CO)ccc3c2)ccc1O. The van der Waals surface area contributed by atoms with Crippen LogP contribution in [0, 0.1) is 5.92 Å². The van der Waals surface area contributed by atoms with Crippen LogP contribution in [0.15, 0.2) is 67.3 Å². The van der Waals surface area contributed by atoms with Gasteiger partial charge in [0.2, 0.25) is 0 Å². The molecular weight excluding hydrogens is 332 g/mol. The average molecular weight is 360 g/mol. The normalized spacial score (nSPS) is 12.2. The molecule has 2 N–H and O–H groups in total. The summed E-state index contributed by atoms with van der Waals surface area (Å²) in [6.07, 6.45) is 6.08. The van der Waals surface area contributed by atoms with Crippen molar-refractivity contribution >= 4 is 10.8 Å². The number of phenols is 1. The number of aromatic hydroxyl groups is 1. The predicted octanol–water partition coefficient (Wildman–Crippen LogP) is 6.24. The van der Waals surface area contributed by atoms with Gasteiger partial charge in [-0.15, -0.1) is 6.58 Å². The van der Waals surface area contributed by atoms with Gasteiger partial charge in [0.05, 0.1) is 6.61 Å². The largest absolute Gasteiger partial charge is 0.508 e. The molecule has 0 saturated heterocycles. The van der Waals surface area contributed by atoms with Crippen LogP contribution in [0.25, 0.3) is 21.9 Å². The fourth-order valence-electron chi connectivity index (χ4n) is 3.62. The molecule has 1 unspecified atom stereocenters. The Kier molecular flexibility index (Phi) is 6.31. The first kappa shape index (κ1) is 19.2. The number of hydrogen-bond acceptors (Lipinski definition) is 2. The lowest BCUT2D eigenvalue weighted by molar-refractivity contribution is 0.282. The van der Waals surface area contributed by atoms with Crippen LogP contribution >= 0.6 is 0 Å². The molecule has 3 aromatic rings. The Labute approximate surface area is 161 Å². The van der Waals surface area contributed by atoms with Gasteiger partial charge in [0, 0.05) is 0 Å². The molecule has 3 rings (SSSR count). The Hall–Kier alpha value is -2.58. The van der Waals surface area contributed by atoms with E-state index >= 15 is 0 Å². The minimum atomic E-state index is 0.0591. The minimum Gasteiger partial charge on any atom is -0.508 e. The van der Waals surface area contributed by atoms with E-state index in [-0.39, 0.29) is 6.61 Å². The first-order chi connectivity index (χ1) is 13.1. The second-order valence-corrected chi connectivity index (χ2v) is 7.24. The van der Waals surface area contributed by atoms with Crippen molar-refractivity contribution in [3.05, 3.63) is 78.4 Å². The van der Waals surface area contributed by atoms with E-state index in [0.29, 0.717) is 11.7 Å². The van der Waals surface area contributed by atoms with Crippen molar-refractivity contribution < 1.29 is 10.2 Å². The van der Waals surface area contributed by atoms with Crippen molar-refractivity contribution in [1.29, 1.82) is 0 Å². The summed E-state index contributed by atoms with van der Waals surface area (Å²) in [5.74, 6) is 0.993. The third-order valence-corrected chi connectivity index (χ3v) is 5.40. The molecule has 27 heavy (non-hydrogen) atoms. The number of benzene rings is 3. The molecule has 0 aromatic heterocycles. The van der Waals surface area contributed by atoms with Gasteiger partial charge < -0.3 is 10.2 Å². The Balaban J connectivity index is 1.86. The van der Waals surface area contributed by atoms with Crippen LogP contribution in [-0.2, 0) is 13.0 Å². The Morgan fingerprint density at radius 2 is 1.67 bits per heavy atom. The van der Waals surface area contributed by atoms with Gasteiger partial charge >= 0.3 is 0 Å². The summed E-state index contributed by atoms with van der Waals surface area (Å²) in [5, 5.41) is 21.9. The molecule has 0 bridgehead atoms. The first-order valence-corrected chi connectivity index (χ1v) is 9.71.